The lowest BCUT2D eigenvalue weighted by atomic mass is 9.99. The standard InChI is InChI=1S/C10H18ClNO2/c1-3-10(2,7-11)12-9(13)8-4-5-14-6-8/h8H,3-7H2,1-2H3,(H,12,13). The third-order valence-corrected chi connectivity index (χ3v) is 3.39. The molecule has 1 amide bonds. The van der Waals surface area contributed by atoms with Crippen LogP contribution in [0.15, 0.2) is 0 Å². The highest BCUT2D eigenvalue weighted by Crippen LogP contribution is 2.16. The third kappa shape index (κ3) is 2.85. The highest BCUT2D eigenvalue weighted by molar-refractivity contribution is 6.18. The molecule has 0 bridgehead atoms. The molecule has 0 aromatic rings. The first-order valence-electron chi connectivity index (χ1n) is 5.07. The van der Waals surface area contributed by atoms with E-state index in [-0.39, 0.29) is 17.4 Å². The number of hydrogen-bond acceptors (Lipinski definition) is 2. The summed E-state index contributed by atoms with van der Waals surface area (Å²) in [6, 6.07) is 0. The lowest BCUT2D eigenvalue weighted by Gasteiger charge is -2.28. The van der Waals surface area contributed by atoms with Crippen molar-refractivity contribution >= 4 is 17.5 Å². The molecule has 1 aliphatic rings. The van der Waals surface area contributed by atoms with E-state index in [1.165, 1.54) is 0 Å². The van der Waals surface area contributed by atoms with Crippen LogP contribution in [0.25, 0.3) is 0 Å². The fourth-order valence-electron chi connectivity index (χ4n) is 1.36. The second kappa shape index (κ2) is 4.99. The van der Waals surface area contributed by atoms with Gasteiger partial charge in [0.25, 0.3) is 0 Å². The van der Waals surface area contributed by atoms with E-state index in [9.17, 15) is 4.79 Å². The lowest BCUT2D eigenvalue weighted by Crippen LogP contribution is -2.49. The fourth-order valence-corrected chi connectivity index (χ4v) is 1.61. The van der Waals surface area contributed by atoms with E-state index in [1.54, 1.807) is 0 Å². The second-order valence-electron chi connectivity index (χ2n) is 4.10. The summed E-state index contributed by atoms with van der Waals surface area (Å²) in [6.07, 6.45) is 1.67. The van der Waals surface area contributed by atoms with Crippen LogP contribution in [0.1, 0.15) is 26.7 Å². The molecule has 0 saturated carbocycles. The smallest absolute Gasteiger partial charge is 0.225 e. The lowest BCUT2D eigenvalue weighted by molar-refractivity contribution is -0.126. The third-order valence-electron chi connectivity index (χ3n) is 2.80. The van der Waals surface area contributed by atoms with Gasteiger partial charge in [-0.25, -0.2) is 0 Å². The molecule has 1 N–H and O–H groups in total. The highest BCUT2D eigenvalue weighted by atomic mass is 35.5. The number of rotatable bonds is 4. The second-order valence-corrected chi connectivity index (χ2v) is 4.36. The van der Waals surface area contributed by atoms with Crippen LogP contribution in [0, 0.1) is 5.92 Å². The topological polar surface area (TPSA) is 38.3 Å². The SMILES string of the molecule is CCC(C)(CCl)NC(=O)C1CCOC1. The molecule has 0 aromatic heterocycles. The summed E-state index contributed by atoms with van der Waals surface area (Å²) in [5, 5.41) is 2.98. The van der Waals surface area contributed by atoms with Gasteiger partial charge in [0, 0.05) is 12.5 Å². The molecule has 1 fully saturated rings. The Labute approximate surface area is 90.1 Å². The Balaban J connectivity index is 2.45. The van der Waals surface area contributed by atoms with Crippen molar-refractivity contribution in [2.45, 2.75) is 32.2 Å². The van der Waals surface area contributed by atoms with Gasteiger partial charge < -0.3 is 10.1 Å². The highest BCUT2D eigenvalue weighted by Gasteiger charge is 2.29. The Morgan fingerprint density at radius 2 is 2.43 bits per heavy atom. The maximum absolute atomic E-state index is 11.7. The Bertz CT molecular complexity index is 198. The van der Waals surface area contributed by atoms with Crippen LogP contribution in [0.4, 0.5) is 0 Å². The molecule has 0 radical (unpaired) electrons. The van der Waals surface area contributed by atoms with Crippen molar-refractivity contribution in [3.63, 3.8) is 0 Å². The summed E-state index contributed by atoms with van der Waals surface area (Å²) >= 11 is 5.81. The summed E-state index contributed by atoms with van der Waals surface area (Å²) in [5.41, 5.74) is -0.277. The fraction of sp³-hybridized carbons (Fsp3) is 0.900. The van der Waals surface area contributed by atoms with Crippen molar-refractivity contribution in [1.82, 2.24) is 5.32 Å². The molecule has 0 aliphatic carbocycles. The molecule has 1 heterocycles. The number of hydrogen-bond donors (Lipinski definition) is 1. The van der Waals surface area contributed by atoms with Crippen molar-refractivity contribution in [2.24, 2.45) is 5.92 Å². The van der Waals surface area contributed by atoms with Gasteiger partial charge >= 0.3 is 0 Å². The minimum Gasteiger partial charge on any atom is -0.381 e. The van der Waals surface area contributed by atoms with Crippen molar-refractivity contribution in [2.75, 3.05) is 19.1 Å². The van der Waals surface area contributed by atoms with Crippen LogP contribution in [0.5, 0.6) is 0 Å². The first kappa shape index (κ1) is 11.8. The maximum atomic E-state index is 11.7. The van der Waals surface area contributed by atoms with Crippen molar-refractivity contribution in [3.05, 3.63) is 0 Å². The summed E-state index contributed by atoms with van der Waals surface area (Å²) < 4.78 is 5.17. The van der Waals surface area contributed by atoms with Gasteiger partial charge in [-0.05, 0) is 19.8 Å². The van der Waals surface area contributed by atoms with E-state index in [4.69, 9.17) is 16.3 Å². The molecular weight excluding hydrogens is 202 g/mol. The van der Waals surface area contributed by atoms with Crippen LogP contribution >= 0.6 is 11.6 Å². The van der Waals surface area contributed by atoms with Gasteiger partial charge in [0.15, 0.2) is 0 Å². The Morgan fingerprint density at radius 1 is 1.71 bits per heavy atom. The minimum atomic E-state index is -0.277. The molecule has 82 valence electrons. The van der Waals surface area contributed by atoms with E-state index >= 15 is 0 Å². The van der Waals surface area contributed by atoms with E-state index in [0.29, 0.717) is 19.1 Å². The number of carbonyl (C=O) groups excluding carboxylic acids is 1. The van der Waals surface area contributed by atoms with Gasteiger partial charge in [0.1, 0.15) is 0 Å². The molecule has 0 spiro atoms. The van der Waals surface area contributed by atoms with E-state index in [0.717, 1.165) is 12.8 Å². The zero-order chi connectivity index (χ0) is 10.6. The van der Waals surface area contributed by atoms with Gasteiger partial charge in [-0.3, -0.25) is 4.79 Å². The number of nitrogens with one attached hydrogen (secondary N) is 1. The Kier molecular flexibility index (Phi) is 4.20. The average molecular weight is 220 g/mol. The van der Waals surface area contributed by atoms with Gasteiger partial charge in [0.2, 0.25) is 5.91 Å². The Hall–Kier alpha value is -0.280. The van der Waals surface area contributed by atoms with Crippen LogP contribution in [0.2, 0.25) is 0 Å². The Morgan fingerprint density at radius 3 is 2.86 bits per heavy atom. The summed E-state index contributed by atoms with van der Waals surface area (Å²) in [5.74, 6) is 0.541. The maximum Gasteiger partial charge on any atom is 0.225 e. The number of alkyl halides is 1. The monoisotopic (exact) mass is 219 g/mol. The molecule has 1 saturated heterocycles. The van der Waals surface area contributed by atoms with Crippen LogP contribution in [-0.4, -0.2) is 30.5 Å². The molecule has 2 unspecified atom stereocenters. The van der Waals surface area contributed by atoms with E-state index in [1.807, 2.05) is 13.8 Å². The van der Waals surface area contributed by atoms with E-state index in [2.05, 4.69) is 5.32 Å². The number of amides is 1. The predicted molar refractivity (Wildman–Crippen MR) is 56.5 cm³/mol. The first-order valence-corrected chi connectivity index (χ1v) is 5.60. The normalized spacial score (nSPS) is 25.8. The molecule has 0 aromatic carbocycles. The number of ether oxygens (including phenoxy) is 1. The predicted octanol–water partition coefficient (Wildman–Crippen LogP) is 1.55. The van der Waals surface area contributed by atoms with Crippen molar-refractivity contribution in [3.8, 4) is 0 Å². The van der Waals surface area contributed by atoms with E-state index < -0.39 is 0 Å². The van der Waals surface area contributed by atoms with Gasteiger partial charge in [-0.2, -0.15) is 0 Å². The van der Waals surface area contributed by atoms with Crippen LogP contribution in [-0.2, 0) is 9.53 Å². The zero-order valence-corrected chi connectivity index (χ0v) is 9.56. The zero-order valence-electron chi connectivity index (χ0n) is 8.81. The van der Waals surface area contributed by atoms with Gasteiger partial charge in [-0.15, -0.1) is 11.6 Å². The molecule has 2 atom stereocenters. The largest absolute Gasteiger partial charge is 0.381 e. The summed E-state index contributed by atoms with van der Waals surface area (Å²) in [7, 11) is 0. The molecular formula is C10H18ClNO2. The molecule has 1 aliphatic heterocycles. The molecule has 4 heteroatoms. The minimum absolute atomic E-state index is 0.0177. The number of carbonyl (C=O) groups is 1. The van der Waals surface area contributed by atoms with Crippen LogP contribution < -0.4 is 5.32 Å². The quantitative estimate of drug-likeness (QED) is 0.729. The van der Waals surface area contributed by atoms with Crippen LogP contribution in [0.3, 0.4) is 0 Å². The molecule has 14 heavy (non-hydrogen) atoms. The van der Waals surface area contributed by atoms with Gasteiger partial charge in [-0.1, -0.05) is 6.92 Å². The summed E-state index contributed by atoms with van der Waals surface area (Å²) in [6.45, 7) is 5.23. The molecule has 3 nitrogen and oxygen atoms in total. The molecule has 1 rings (SSSR count). The average Bonchev–Trinajstić information content (AvgIpc) is 2.70. The van der Waals surface area contributed by atoms with Crippen molar-refractivity contribution < 1.29 is 9.53 Å². The summed E-state index contributed by atoms with van der Waals surface area (Å²) in [4.78, 5) is 11.7. The first-order chi connectivity index (χ1) is 6.61. The van der Waals surface area contributed by atoms with Crippen molar-refractivity contribution in [1.29, 1.82) is 0 Å². The van der Waals surface area contributed by atoms with Gasteiger partial charge in [0.05, 0.1) is 18.1 Å². The number of halogens is 1.